The number of amides is 1. The van der Waals surface area contributed by atoms with Gasteiger partial charge < -0.3 is 19.5 Å². The predicted molar refractivity (Wildman–Crippen MR) is 128 cm³/mol. The van der Waals surface area contributed by atoms with Crippen LogP contribution in [0, 0.1) is 0 Å². The number of rotatable bonds is 7. The Bertz CT molecular complexity index is 1030. The summed E-state index contributed by atoms with van der Waals surface area (Å²) in [5, 5.41) is 11.1. The molecule has 0 aromatic heterocycles. The van der Waals surface area contributed by atoms with E-state index in [4.69, 9.17) is 9.47 Å². The number of carbonyl (C=O) groups excluding carboxylic acids is 2. The first-order chi connectivity index (χ1) is 16.0. The van der Waals surface area contributed by atoms with Crippen molar-refractivity contribution in [3.8, 4) is 5.75 Å². The lowest BCUT2D eigenvalue weighted by atomic mass is 9.95. The lowest BCUT2D eigenvalue weighted by Gasteiger charge is -2.31. The van der Waals surface area contributed by atoms with E-state index in [1.165, 1.54) is 0 Å². The fourth-order valence-corrected chi connectivity index (χ4v) is 4.47. The van der Waals surface area contributed by atoms with Gasteiger partial charge in [-0.15, -0.1) is 0 Å². The minimum Gasteiger partial charge on any atom is -0.507 e. The van der Waals surface area contributed by atoms with Crippen molar-refractivity contribution in [1.29, 1.82) is 0 Å². The summed E-state index contributed by atoms with van der Waals surface area (Å²) in [5.74, 6) is -0.731. The molecule has 8 heteroatoms. The normalized spacial score (nSPS) is 20.9. The molecule has 174 valence electrons. The third kappa shape index (κ3) is 5.13. The molecule has 2 aromatic rings. The first kappa shape index (κ1) is 23.5. The summed E-state index contributed by atoms with van der Waals surface area (Å²) in [6.07, 6.45) is 0. The third-order valence-corrected chi connectivity index (χ3v) is 6.45. The molecule has 0 bridgehead atoms. The summed E-state index contributed by atoms with van der Waals surface area (Å²) in [4.78, 5) is 30.0. The molecule has 0 spiro atoms. The largest absolute Gasteiger partial charge is 0.507 e. The minimum absolute atomic E-state index is 0.105. The third-order valence-electron chi connectivity index (χ3n) is 5.93. The minimum atomic E-state index is -0.676. The highest BCUT2D eigenvalue weighted by molar-refractivity contribution is 9.10. The highest BCUT2D eigenvalue weighted by Crippen LogP contribution is 2.39. The second-order valence-corrected chi connectivity index (χ2v) is 8.87. The van der Waals surface area contributed by atoms with E-state index in [1.807, 2.05) is 31.2 Å². The van der Waals surface area contributed by atoms with Crippen LogP contribution in [0.1, 0.15) is 24.1 Å². The van der Waals surface area contributed by atoms with Crippen molar-refractivity contribution in [3.05, 3.63) is 69.7 Å². The van der Waals surface area contributed by atoms with Crippen molar-refractivity contribution in [1.82, 2.24) is 9.80 Å². The highest BCUT2D eigenvalue weighted by Gasteiger charge is 2.46. The molecular weight excluding hydrogens is 488 g/mol. The number of aliphatic hydroxyl groups is 1. The number of ketones is 1. The lowest BCUT2D eigenvalue weighted by molar-refractivity contribution is -0.140. The number of hydrogen-bond donors (Lipinski definition) is 1. The molecule has 2 heterocycles. The van der Waals surface area contributed by atoms with Gasteiger partial charge in [-0.3, -0.25) is 14.5 Å². The topological polar surface area (TPSA) is 79.3 Å². The predicted octanol–water partition coefficient (Wildman–Crippen LogP) is 3.60. The molecule has 1 amide bonds. The van der Waals surface area contributed by atoms with E-state index in [9.17, 15) is 14.7 Å². The zero-order chi connectivity index (χ0) is 23.4. The summed E-state index contributed by atoms with van der Waals surface area (Å²) in [5.41, 5.74) is 1.34. The zero-order valence-electron chi connectivity index (χ0n) is 18.5. The molecule has 4 rings (SSSR count). The number of hydrogen-bond acceptors (Lipinski definition) is 6. The Balaban J connectivity index is 1.71. The molecule has 0 aliphatic carbocycles. The van der Waals surface area contributed by atoms with Gasteiger partial charge in [0.25, 0.3) is 11.7 Å². The smallest absolute Gasteiger partial charge is 0.295 e. The standard InChI is InChI=1S/C25H27BrN2O5/c1-2-33-20-9-5-17(6-10-20)22-21(23(29)18-3-7-19(26)8-4-18)24(30)25(31)28(22)12-11-27-13-15-32-16-14-27/h3-10,22,29H,2,11-16H2,1H3/t22-/m1/s1. The van der Waals surface area contributed by atoms with Gasteiger partial charge >= 0.3 is 0 Å². The van der Waals surface area contributed by atoms with Crippen LogP contribution in [0.5, 0.6) is 5.75 Å². The van der Waals surface area contributed by atoms with Gasteiger partial charge in [-0.05, 0) is 36.8 Å². The fourth-order valence-electron chi connectivity index (χ4n) is 4.21. The van der Waals surface area contributed by atoms with Gasteiger partial charge in [-0.25, -0.2) is 0 Å². The average Bonchev–Trinajstić information content (AvgIpc) is 3.09. The lowest BCUT2D eigenvalue weighted by Crippen LogP contribution is -2.42. The number of benzene rings is 2. The van der Waals surface area contributed by atoms with E-state index in [0.29, 0.717) is 44.2 Å². The average molecular weight is 515 g/mol. The van der Waals surface area contributed by atoms with E-state index >= 15 is 0 Å². The summed E-state index contributed by atoms with van der Waals surface area (Å²) >= 11 is 3.38. The van der Waals surface area contributed by atoms with Crippen LogP contribution in [0.25, 0.3) is 5.76 Å². The molecular formula is C25H27BrN2O5. The maximum atomic E-state index is 13.1. The van der Waals surface area contributed by atoms with Crippen LogP contribution in [0.4, 0.5) is 0 Å². The summed E-state index contributed by atoms with van der Waals surface area (Å²) < 4.78 is 11.8. The van der Waals surface area contributed by atoms with Gasteiger partial charge in [0, 0.05) is 36.2 Å². The molecule has 2 fully saturated rings. The van der Waals surface area contributed by atoms with Crippen LogP contribution in [0.2, 0.25) is 0 Å². The molecule has 33 heavy (non-hydrogen) atoms. The summed E-state index contributed by atoms with van der Waals surface area (Å²) in [6, 6.07) is 13.7. The first-order valence-electron chi connectivity index (χ1n) is 11.1. The molecule has 2 aromatic carbocycles. The number of aliphatic hydroxyl groups excluding tert-OH is 1. The molecule has 2 saturated heterocycles. The molecule has 0 unspecified atom stereocenters. The Morgan fingerprint density at radius 2 is 1.73 bits per heavy atom. The van der Waals surface area contributed by atoms with Gasteiger partial charge in [-0.2, -0.15) is 0 Å². The SMILES string of the molecule is CCOc1ccc([C@@H]2C(=C(O)c3ccc(Br)cc3)C(=O)C(=O)N2CCN2CCOCC2)cc1. The Kier molecular flexibility index (Phi) is 7.47. The first-order valence-corrected chi connectivity index (χ1v) is 11.9. The van der Waals surface area contributed by atoms with Crippen molar-refractivity contribution < 1.29 is 24.2 Å². The van der Waals surface area contributed by atoms with Gasteiger partial charge in [0.05, 0.1) is 31.4 Å². The molecule has 2 aliphatic rings. The Labute approximate surface area is 201 Å². The van der Waals surface area contributed by atoms with Crippen molar-refractivity contribution in [2.24, 2.45) is 0 Å². The van der Waals surface area contributed by atoms with Crippen LogP contribution in [-0.2, 0) is 14.3 Å². The number of Topliss-reactive ketones (excluding diaryl/α,β-unsaturated/α-hetero) is 1. The van der Waals surface area contributed by atoms with E-state index in [-0.39, 0.29) is 11.3 Å². The quantitative estimate of drug-likeness (QED) is 0.345. The number of halogens is 1. The number of carbonyl (C=O) groups is 2. The van der Waals surface area contributed by atoms with E-state index in [1.54, 1.807) is 29.2 Å². The van der Waals surface area contributed by atoms with Crippen LogP contribution in [-0.4, -0.2) is 72.6 Å². The number of likely N-dealkylation sites (tertiary alicyclic amines) is 1. The Hall–Kier alpha value is -2.68. The van der Waals surface area contributed by atoms with Crippen molar-refractivity contribution in [2.75, 3.05) is 46.0 Å². The Morgan fingerprint density at radius 3 is 2.36 bits per heavy atom. The molecule has 0 radical (unpaired) electrons. The maximum absolute atomic E-state index is 13.1. The highest BCUT2D eigenvalue weighted by atomic mass is 79.9. The molecule has 1 N–H and O–H groups in total. The number of nitrogens with zero attached hydrogens (tertiary/aromatic N) is 2. The summed E-state index contributed by atoms with van der Waals surface area (Å²) in [7, 11) is 0. The second-order valence-electron chi connectivity index (χ2n) is 7.96. The zero-order valence-corrected chi connectivity index (χ0v) is 20.1. The van der Waals surface area contributed by atoms with Crippen molar-refractivity contribution in [2.45, 2.75) is 13.0 Å². The van der Waals surface area contributed by atoms with Gasteiger partial charge in [-0.1, -0.05) is 40.2 Å². The van der Waals surface area contributed by atoms with E-state index in [2.05, 4.69) is 20.8 Å². The molecule has 7 nitrogen and oxygen atoms in total. The van der Waals surface area contributed by atoms with Gasteiger partial charge in [0.2, 0.25) is 0 Å². The molecule has 0 saturated carbocycles. The van der Waals surface area contributed by atoms with Crippen molar-refractivity contribution in [3.63, 3.8) is 0 Å². The number of morpholine rings is 1. The maximum Gasteiger partial charge on any atom is 0.295 e. The second kappa shape index (κ2) is 10.5. The van der Waals surface area contributed by atoms with Gasteiger partial charge in [0.15, 0.2) is 0 Å². The summed E-state index contributed by atoms with van der Waals surface area (Å²) in [6.45, 7) is 6.35. The monoisotopic (exact) mass is 514 g/mol. The van der Waals surface area contributed by atoms with Crippen LogP contribution >= 0.6 is 15.9 Å². The Morgan fingerprint density at radius 1 is 1.06 bits per heavy atom. The van der Waals surface area contributed by atoms with E-state index in [0.717, 1.165) is 23.1 Å². The number of ether oxygens (including phenoxy) is 2. The van der Waals surface area contributed by atoms with Crippen molar-refractivity contribution >= 4 is 33.4 Å². The van der Waals surface area contributed by atoms with Crippen LogP contribution in [0.15, 0.2) is 58.6 Å². The van der Waals surface area contributed by atoms with Crippen LogP contribution < -0.4 is 4.74 Å². The van der Waals surface area contributed by atoms with Gasteiger partial charge in [0.1, 0.15) is 11.5 Å². The molecule has 1 atom stereocenters. The van der Waals surface area contributed by atoms with E-state index < -0.39 is 17.7 Å². The fraction of sp³-hybridized carbons (Fsp3) is 0.360. The van der Waals surface area contributed by atoms with Crippen LogP contribution in [0.3, 0.4) is 0 Å². The molecule has 2 aliphatic heterocycles.